The second kappa shape index (κ2) is 2.22. The molecular weight excluding hydrogens is 144 g/mol. The molecule has 0 fully saturated rings. The molecule has 0 nitrogen and oxygen atoms in total. The predicted molar refractivity (Wildman–Crippen MR) is 50.7 cm³/mol. The summed E-state index contributed by atoms with van der Waals surface area (Å²) < 4.78 is 0. The van der Waals surface area contributed by atoms with E-state index in [9.17, 15) is 0 Å². The molecule has 0 amide bonds. The summed E-state index contributed by atoms with van der Waals surface area (Å²) in [5.41, 5.74) is 3.30. The molecular formula is C12H12. The van der Waals surface area contributed by atoms with Crippen molar-refractivity contribution in [3.63, 3.8) is 0 Å². The van der Waals surface area contributed by atoms with Crippen molar-refractivity contribution in [1.82, 2.24) is 0 Å². The fraction of sp³-hybridized carbons (Fsp3) is 0.333. The molecule has 0 aromatic rings. The van der Waals surface area contributed by atoms with Gasteiger partial charge in [-0.25, -0.2) is 0 Å². The van der Waals surface area contributed by atoms with Gasteiger partial charge in [-0.1, -0.05) is 42.0 Å². The monoisotopic (exact) mass is 156 g/mol. The largest absolute Gasteiger partial charge is 0.0876 e. The standard InChI is InChI=1S/C12H12/c1-2-6-10-9(5-1)11-7-3-4-8-12(10)11/h1-6,9,11H,7-8H2. The minimum Gasteiger partial charge on any atom is -0.0876 e. The smallest absolute Gasteiger partial charge is 0.00896 e. The molecule has 0 aromatic heterocycles. The lowest BCUT2D eigenvalue weighted by Gasteiger charge is -2.42. The molecule has 2 atom stereocenters. The Labute approximate surface area is 73.0 Å². The van der Waals surface area contributed by atoms with E-state index in [0.29, 0.717) is 0 Å². The maximum atomic E-state index is 2.35. The Hall–Kier alpha value is -1.04. The first-order chi connectivity index (χ1) is 5.97. The molecule has 0 aliphatic heterocycles. The highest BCUT2D eigenvalue weighted by Crippen LogP contribution is 2.49. The molecule has 3 aliphatic rings. The lowest BCUT2D eigenvalue weighted by Crippen LogP contribution is -2.30. The van der Waals surface area contributed by atoms with Crippen LogP contribution >= 0.6 is 0 Å². The number of hydrogen-bond donors (Lipinski definition) is 0. The first-order valence-electron chi connectivity index (χ1n) is 4.69. The Morgan fingerprint density at radius 2 is 2.17 bits per heavy atom. The van der Waals surface area contributed by atoms with Crippen molar-refractivity contribution in [3.8, 4) is 0 Å². The van der Waals surface area contributed by atoms with Crippen LogP contribution in [0.15, 0.2) is 47.6 Å². The SMILES string of the molecule is C1=CC2=C3CC=CCC3C2C=C1. The van der Waals surface area contributed by atoms with Gasteiger partial charge < -0.3 is 0 Å². The molecule has 0 radical (unpaired) electrons. The molecule has 0 bridgehead atoms. The van der Waals surface area contributed by atoms with Crippen LogP contribution in [0.25, 0.3) is 0 Å². The summed E-state index contributed by atoms with van der Waals surface area (Å²) in [5.74, 6) is 1.61. The summed E-state index contributed by atoms with van der Waals surface area (Å²) >= 11 is 0. The topological polar surface area (TPSA) is 0 Å². The van der Waals surface area contributed by atoms with E-state index in [4.69, 9.17) is 0 Å². The van der Waals surface area contributed by atoms with Gasteiger partial charge in [-0.2, -0.15) is 0 Å². The van der Waals surface area contributed by atoms with Crippen molar-refractivity contribution in [2.75, 3.05) is 0 Å². The van der Waals surface area contributed by atoms with Crippen LogP contribution in [0.1, 0.15) is 12.8 Å². The van der Waals surface area contributed by atoms with Crippen molar-refractivity contribution in [1.29, 1.82) is 0 Å². The third kappa shape index (κ3) is 0.677. The Balaban J connectivity index is 2.05. The van der Waals surface area contributed by atoms with E-state index >= 15 is 0 Å². The molecule has 0 saturated carbocycles. The van der Waals surface area contributed by atoms with E-state index in [-0.39, 0.29) is 0 Å². The minimum atomic E-state index is 0.759. The van der Waals surface area contributed by atoms with Gasteiger partial charge in [-0.05, 0) is 24.3 Å². The molecule has 0 heteroatoms. The Kier molecular flexibility index (Phi) is 1.20. The van der Waals surface area contributed by atoms with E-state index in [1.54, 1.807) is 11.1 Å². The fourth-order valence-electron chi connectivity index (χ4n) is 2.58. The number of hydrogen-bond acceptors (Lipinski definition) is 0. The van der Waals surface area contributed by atoms with Crippen LogP contribution in [-0.2, 0) is 0 Å². The first kappa shape index (κ1) is 6.47. The van der Waals surface area contributed by atoms with Crippen molar-refractivity contribution in [2.45, 2.75) is 12.8 Å². The van der Waals surface area contributed by atoms with E-state index < -0.39 is 0 Å². The fourth-order valence-corrected chi connectivity index (χ4v) is 2.58. The highest BCUT2D eigenvalue weighted by atomic mass is 14.4. The van der Waals surface area contributed by atoms with Gasteiger partial charge in [0.25, 0.3) is 0 Å². The second-order valence-electron chi connectivity index (χ2n) is 3.77. The number of fused-ring (bicyclic) bond motifs is 3. The van der Waals surface area contributed by atoms with Crippen molar-refractivity contribution in [3.05, 3.63) is 47.6 Å². The summed E-state index contributed by atoms with van der Waals surface area (Å²) in [6.07, 6.45) is 16.1. The van der Waals surface area contributed by atoms with E-state index in [1.807, 2.05) is 0 Å². The molecule has 0 aromatic carbocycles. The lowest BCUT2D eigenvalue weighted by molar-refractivity contribution is 0.426. The van der Waals surface area contributed by atoms with Crippen LogP contribution in [-0.4, -0.2) is 0 Å². The van der Waals surface area contributed by atoms with Crippen molar-refractivity contribution >= 4 is 0 Å². The third-order valence-corrected chi connectivity index (χ3v) is 3.21. The molecule has 0 spiro atoms. The summed E-state index contributed by atoms with van der Waals surface area (Å²) in [6.45, 7) is 0. The highest BCUT2D eigenvalue weighted by molar-refractivity contribution is 5.49. The molecule has 0 N–H and O–H groups in total. The van der Waals surface area contributed by atoms with Gasteiger partial charge in [0.2, 0.25) is 0 Å². The van der Waals surface area contributed by atoms with Crippen LogP contribution in [0, 0.1) is 11.8 Å². The number of allylic oxidation sites excluding steroid dienone is 8. The Bertz CT molecular complexity index is 326. The van der Waals surface area contributed by atoms with Gasteiger partial charge in [0, 0.05) is 5.92 Å². The molecule has 0 heterocycles. The van der Waals surface area contributed by atoms with E-state index in [1.165, 1.54) is 12.8 Å². The molecule has 12 heavy (non-hydrogen) atoms. The Morgan fingerprint density at radius 3 is 3.17 bits per heavy atom. The molecule has 3 aliphatic carbocycles. The highest BCUT2D eigenvalue weighted by Gasteiger charge is 2.37. The van der Waals surface area contributed by atoms with Crippen LogP contribution < -0.4 is 0 Å². The summed E-state index contributed by atoms with van der Waals surface area (Å²) in [5, 5.41) is 0. The van der Waals surface area contributed by atoms with Gasteiger partial charge in [-0.15, -0.1) is 0 Å². The normalized spacial score (nSPS) is 36.0. The molecule has 3 rings (SSSR count). The summed E-state index contributed by atoms with van der Waals surface area (Å²) in [7, 11) is 0. The quantitative estimate of drug-likeness (QED) is 0.473. The average Bonchev–Trinajstić information content (AvgIpc) is 2.14. The molecule has 2 unspecified atom stereocenters. The summed E-state index contributed by atoms with van der Waals surface area (Å²) in [6, 6.07) is 0. The lowest BCUT2D eigenvalue weighted by atomic mass is 9.62. The summed E-state index contributed by atoms with van der Waals surface area (Å²) in [4.78, 5) is 0. The van der Waals surface area contributed by atoms with E-state index in [2.05, 4.69) is 36.5 Å². The van der Waals surface area contributed by atoms with Gasteiger partial charge in [0.15, 0.2) is 0 Å². The maximum Gasteiger partial charge on any atom is 0.00896 e. The van der Waals surface area contributed by atoms with Gasteiger partial charge in [0.05, 0.1) is 0 Å². The van der Waals surface area contributed by atoms with Gasteiger partial charge in [-0.3, -0.25) is 0 Å². The number of rotatable bonds is 0. The predicted octanol–water partition coefficient (Wildman–Crippen LogP) is 3.01. The van der Waals surface area contributed by atoms with E-state index in [0.717, 1.165) is 11.8 Å². The zero-order valence-corrected chi connectivity index (χ0v) is 7.03. The zero-order valence-electron chi connectivity index (χ0n) is 7.03. The molecule has 0 saturated heterocycles. The average molecular weight is 156 g/mol. The Morgan fingerprint density at radius 1 is 1.17 bits per heavy atom. The third-order valence-electron chi connectivity index (χ3n) is 3.21. The second-order valence-corrected chi connectivity index (χ2v) is 3.77. The van der Waals surface area contributed by atoms with Gasteiger partial charge >= 0.3 is 0 Å². The van der Waals surface area contributed by atoms with Crippen LogP contribution in [0.2, 0.25) is 0 Å². The first-order valence-corrected chi connectivity index (χ1v) is 4.69. The van der Waals surface area contributed by atoms with Crippen LogP contribution in [0.4, 0.5) is 0 Å². The van der Waals surface area contributed by atoms with Crippen LogP contribution in [0.5, 0.6) is 0 Å². The minimum absolute atomic E-state index is 0.759. The maximum absolute atomic E-state index is 2.35. The van der Waals surface area contributed by atoms with Crippen molar-refractivity contribution in [2.24, 2.45) is 11.8 Å². The molecule has 60 valence electrons. The van der Waals surface area contributed by atoms with Gasteiger partial charge in [0.1, 0.15) is 0 Å². The zero-order chi connectivity index (χ0) is 7.97. The van der Waals surface area contributed by atoms with Crippen LogP contribution in [0.3, 0.4) is 0 Å². The van der Waals surface area contributed by atoms with Crippen molar-refractivity contribution < 1.29 is 0 Å².